The van der Waals surface area contributed by atoms with Crippen molar-refractivity contribution in [3.8, 4) is 56.0 Å². The fraction of sp³-hybridized carbons (Fsp3) is 0. The van der Waals surface area contributed by atoms with Crippen molar-refractivity contribution in [2.45, 2.75) is 0 Å². The topological polar surface area (TPSA) is 40.5 Å². The van der Waals surface area contributed by atoms with Crippen LogP contribution in [0.4, 0.5) is 0 Å². The third kappa shape index (κ3) is 4.06. The molecule has 2 N–H and O–H groups in total. The van der Waals surface area contributed by atoms with E-state index in [9.17, 15) is 10.2 Å². The Morgan fingerprint density at radius 2 is 0.750 bits per heavy atom. The van der Waals surface area contributed by atoms with Crippen molar-refractivity contribution in [1.82, 2.24) is 0 Å². The van der Waals surface area contributed by atoms with Gasteiger partial charge in [-0.25, -0.2) is 0 Å². The number of hydrogen-bond donors (Lipinski definition) is 2. The molecular formula is C50H30O2. The Kier molecular flexibility index (Phi) is 6.00. The van der Waals surface area contributed by atoms with Gasteiger partial charge in [0.15, 0.2) is 0 Å². The summed E-state index contributed by atoms with van der Waals surface area (Å²) >= 11 is 0. The van der Waals surface area contributed by atoms with Crippen LogP contribution in [0.5, 0.6) is 11.5 Å². The Balaban J connectivity index is 1.22. The molecule has 0 saturated carbocycles. The Hall–Kier alpha value is -6.90. The van der Waals surface area contributed by atoms with Crippen molar-refractivity contribution in [2.75, 3.05) is 0 Å². The minimum atomic E-state index is 0.162. The largest absolute Gasteiger partial charge is 0.507 e. The van der Waals surface area contributed by atoms with E-state index in [0.29, 0.717) is 11.1 Å². The van der Waals surface area contributed by atoms with Gasteiger partial charge in [0.1, 0.15) is 11.5 Å². The van der Waals surface area contributed by atoms with Crippen molar-refractivity contribution in [2.24, 2.45) is 0 Å². The molecular weight excluding hydrogens is 633 g/mol. The maximum Gasteiger partial charge on any atom is 0.131 e. The predicted molar refractivity (Wildman–Crippen MR) is 219 cm³/mol. The number of aromatic hydroxyl groups is 2. The molecule has 0 aromatic heterocycles. The highest BCUT2D eigenvalue weighted by molar-refractivity contribution is 6.27. The van der Waals surface area contributed by atoms with Crippen LogP contribution in [0.2, 0.25) is 0 Å². The Bertz CT molecular complexity index is 3160. The highest BCUT2D eigenvalue weighted by Gasteiger charge is 2.23. The number of phenols is 2. The van der Waals surface area contributed by atoms with Crippen LogP contribution in [0.15, 0.2) is 170 Å². The summed E-state index contributed by atoms with van der Waals surface area (Å²) in [5.74, 6) is 0.351. The standard InChI is InChI=1S/C50H30O2/c51-44-28-36(29-6-2-1-3-7-29)20-22-38(44)40-26-27-43(37-21-16-34-14-12-30-8-4-10-32-17-23-39(37)47(34)45(30)32)50(52)49(40)42-25-19-35-15-13-31-9-5-11-33-18-24-41(42)48(35)46(31)33/h1-28,51-52H. The van der Waals surface area contributed by atoms with E-state index in [1.165, 1.54) is 48.5 Å². The molecule has 11 aromatic carbocycles. The molecule has 11 aromatic rings. The lowest BCUT2D eigenvalue weighted by Crippen LogP contribution is -1.94. The average Bonchev–Trinajstić information content (AvgIpc) is 3.19. The molecule has 2 nitrogen and oxygen atoms in total. The lowest BCUT2D eigenvalue weighted by atomic mass is 9.83. The minimum absolute atomic E-state index is 0.162. The highest BCUT2D eigenvalue weighted by atomic mass is 16.3. The zero-order valence-corrected chi connectivity index (χ0v) is 28.1. The Labute approximate surface area is 299 Å². The van der Waals surface area contributed by atoms with Crippen molar-refractivity contribution in [1.29, 1.82) is 0 Å². The van der Waals surface area contributed by atoms with Gasteiger partial charge >= 0.3 is 0 Å². The zero-order chi connectivity index (χ0) is 34.5. The Morgan fingerprint density at radius 3 is 1.35 bits per heavy atom. The first kappa shape index (κ1) is 28.9. The summed E-state index contributed by atoms with van der Waals surface area (Å²) in [4.78, 5) is 0. The maximum atomic E-state index is 12.8. The van der Waals surface area contributed by atoms with E-state index in [-0.39, 0.29) is 11.5 Å². The second kappa shape index (κ2) is 10.8. The van der Waals surface area contributed by atoms with Gasteiger partial charge in [0.05, 0.1) is 0 Å². The van der Waals surface area contributed by atoms with Gasteiger partial charge in [-0.05, 0) is 105 Å². The summed E-state index contributed by atoms with van der Waals surface area (Å²) in [6.07, 6.45) is 0. The average molecular weight is 663 g/mol. The minimum Gasteiger partial charge on any atom is -0.507 e. The monoisotopic (exact) mass is 662 g/mol. The van der Waals surface area contributed by atoms with Crippen LogP contribution in [0.25, 0.3) is 109 Å². The first-order valence-corrected chi connectivity index (χ1v) is 17.7. The molecule has 0 fully saturated rings. The second-order valence-electron chi connectivity index (χ2n) is 13.9. The third-order valence-corrected chi connectivity index (χ3v) is 11.2. The zero-order valence-electron chi connectivity index (χ0n) is 28.1. The molecule has 0 radical (unpaired) electrons. The summed E-state index contributed by atoms with van der Waals surface area (Å²) in [7, 11) is 0. The van der Waals surface area contributed by atoms with Crippen LogP contribution in [0.3, 0.4) is 0 Å². The fourth-order valence-corrected chi connectivity index (χ4v) is 8.80. The lowest BCUT2D eigenvalue weighted by molar-refractivity contribution is 0.476. The van der Waals surface area contributed by atoms with Crippen LogP contribution in [0, 0.1) is 0 Å². The van der Waals surface area contributed by atoms with Crippen LogP contribution < -0.4 is 0 Å². The van der Waals surface area contributed by atoms with Crippen LogP contribution in [0.1, 0.15) is 0 Å². The van der Waals surface area contributed by atoms with E-state index in [1.54, 1.807) is 0 Å². The van der Waals surface area contributed by atoms with E-state index in [0.717, 1.165) is 49.5 Å². The van der Waals surface area contributed by atoms with E-state index in [1.807, 2.05) is 54.6 Å². The normalized spacial score (nSPS) is 12.0. The van der Waals surface area contributed by atoms with E-state index >= 15 is 0 Å². The number of benzene rings is 11. The maximum absolute atomic E-state index is 12.8. The van der Waals surface area contributed by atoms with Crippen molar-refractivity contribution in [3.05, 3.63) is 170 Å². The molecule has 0 atom stereocenters. The van der Waals surface area contributed by atoms with Gasteiger partial charge in [-0.3, -0.25) is 0 Å². The van der Waals surface area contributed by atoms with E-state index in [4.69, 9.17) is 0 Å². The smallest absolute Gasteiger partial charge is 0.131 e. The second-order valence-corrected chi connectivity index (χ2v) is 13.9. The molecule has 0 heterocycles. The van der Waals surface area contributed by atoms with Gasteiger partial charge in [0.2, 0.25) is 0 Å². The molecule has 0 saturated heterocycles. The fourth-order valence-electron chi connectivity index (χ4n) is 8.80. The van der Waals surface area contributed by atoms with Crippen molar-refractivity contribution >= 4 is 64.6 Å². The van der Waals surface area contributed by atoms with Crippen LogP contribution >= 0.6 is 0 Å². The molecule has 2 heteroatoms. The van der Waals surface area contributed by atoms with Gasteiger partial charge in [-0.2, -0.15) is 0 Å². The molecule has 0 spiro atoms. The predicted octanol–water partition coefficient (Wildman–Crippen LogP) is 13.6. The molecule has 0 amide bonds. The lowest BCUT2D eigenvalue weighted by Gasteiger charge is -2.21. The summed E-state index contributed by atoms with van der Waals surface area (Å²) < 4.78 is 0. The molecule has 242 valence electrons. The first-order valence-electron chi connectivity index (χ1n) is 17.7. The van der Waals surface area contributed by atoms with Gasteiger partial charge in [0.25, 0.3) is 0 Å². The summed E-state index contributed by atoms with van der Waals surface area (Å²) in [6.45, 7) is 0. The van der Waals surface area contributed by atoms with Gasteiger partial charge in [-0.1, -0.05) is 158 Å². The molecule has 0 bridgehead atoms. The molecule has 52 heavy (non-hydrogen) atoms. The quantitative estimate of drug-likeness (QED) is 0.184. The first-order chi connectivity index (χ1) is 25.6. The summed E-state index contributed by atoms with van der Waals surface area (Å²) in [5, 5.41) is 38.6. The molecule has 11 rings (SSSR count). The molecule has 0 aliphatic rings. The van der Waals surface area contributed by atoms with Gasteiger partial charge < -0.3 is 10.2 Å². The SMILES string of the molecule is Oc1cc(-c2ccccc2)ccc1-c1ccc(-c2ccc3ccc4cccc5ccc2c3c45)c(O)c1-c1ccc2ccc3cccc4ccc1c2c34. The number of rotatable bonds is 4. The van der Waals surface area contributed by atoms with E-state index < -0.39 is 0 Å². The Morgan fingerprint density at radius 1 is 0.288 bits per heavy atom. The number of hydrogen-bond acceptors (Lipinski definition) is 2. The van der Waals surface area contributed by atoms with E-state index in [2.05, 4.69) is 115 Å². The summed E-state index contributed by atoms with van der Waals surface area (Å²) in [6, 6.07) is 59.0. The highest BCUT2D eigenvalue weighted by Crippen LogP contribution is 2.51. The van der Waals surface area contributed by atoms with Crippen molar-refractivity contribution < 1.29 is 10.2 Å². The summed E-state index contributed by atoms with van der Waals surface area (Å²) in [5.41, 5.74) is 6.74. The van der Waals surface area contributed by atoms with Crippen LogP contribution in [-0.4, -0.2) is 10.2 Å². The van der Waals surface area contributed by atoms with Crippen molar-refractivity contribution in [3.63, 3.8) is 0 Å². The van der Waals surface area contributed by atoms with Crippen LogP contribution in [-0.2, 0) is 0 Å². The van der Waals surface area contributed by atoms with Gasteiger partial charge in [-0.15, -0.1) is 0 Å². The number of phenolic OH excluding ortho intramolecular Hbond substituents is 2. The molecule has 0 unspecified atom stereocenters. The molecule has 0 aliphatic heterocycles. The molecule has 0 aliphatic carbocycles. The van der Waals surface area contributed by atoms with Gasteiger partial charge in [0, 0.05) is 16.7 Å². The third-order valence-electron chi connectivity index (χ3n) is 11.2.